The lowest BCUT2D eigenvalue weighted by Crippen LogP contribution is -2.46. The Hall–Kier alpha value is -1.14. The van der Waals surface area contributed by atoms with Gasteiger partial charge in [-0.05, 0) is 18.9 Å². The Balaban J connectivity index is 4.50. The van der Waals surface area contributed by atoms with Crippen LogP contribution in [0.2, 0.25) is 0 Å². The molecule has 0 radical (unpaired) electrons. The molecule has 0 heterocycles. The van der Waals surface area contributed by atoms with Crippen LogP contribution in [0.25, 0.3) is 0 Å². The minimum Gasteiger partial charge on any atom is -0.341 e. The summed E-state index contributed by atoms with van der Waals surface area (Å²) in [5.41, 5.74) is -0.107. The molecule has 17 heavy (non-hydrogen) atoms. The zero-order chi connectivity index (χ0) is 13.5. The molecule has 0 saturated heterocycles. The van der Waals surface area contributed by atoms with Crippen LogP contribution in [-0.4, -0.2) is 38.6 Å². The van der Waals surface area contributed by atoms with Crippen molar-refractivity contribution in [2.45, 2.75) is 33.2 Å². The first-order valence-corrected chi connectivity index (χ1v) is 5.48. The van der Waals surface area contributed by atoms with E-state index in [-0.39, 0.29) is 17.9 Å². The first kappa shape index (κ1) is 15.9. The van der Waals surface area contributed by atoms with Crippen molar-refractivity contribution in [1.82, 2.24) is 10.6 Å². The number of hydrogen-bond donors (Lipinski definition) is 2. The Labute approximate surface area is 102 Å². The molecule has 1 atom stereocenters. The van der Waals surface area contributed by atoms with Crippen molar-refractivity contribution in [3.8, 4) is 0 Å². The van der Waals surface area contributed by atoms with Gasteiger partial charge in [0.2, 0.25) is 5.91 Å². The van der Waals surface area contributed by atoms with E-state index in [9.17, 15) is 9.59 Å². The maximum atomic E-state index is 11.6. The quantitative estimate of drug-likeness (QED) is 0.518. The zero-order valence-electron chi connectivity index (χ0n) is 11.1. The van der Waals surface area contributed by atoms with Gasteiger partial charge in [0.1, 0.15) is 6.04 Å². The van der Waals surface area contributed by atoms with Gasteiger partial charge in [-0.2, -0.15) is 4.89 Å². The van der Waals surface area contributed by atoms with Crippen LogP contribution < -0.4 is 10.6 Å². The van der Waals surface area contributed by atoms with E-state index in [4.69, 9.17) is 0 Å². The molecule has 0 bridgehead atoms. The summed E-state index contributed by atoms with van der Waals surface area (Å²) in [6, 6.07) is -0.698. The molecule has 0 fully saturated rings. The van der Waals surface area contributed by atoms with Crippen molar-refractivity contribution in [2.24, 2.45) is 5.41 Å². The Morgan fingerprint density at radius 3 is 2.29 bits per heavy atom. The van der Waals surface area contributed by atoms with Crippen molar-refractivity contribution in [1.29, 1.82) is 0 Å². The van der Waals surface area contributed by atoms with Gasteiger partial charge in [-0.1, -0.05) is 20.8 Å². The lowest BCUT2D eigenvalue weighted by molar-refractivity contribution is -0.257. The third kappa shape index (κ3) is 7.70. The van der Waals surface area contributed by atoms with Gasteiger partial charge >= 0.3 is 5.97 Å². The van der Waals surface area contributed by atoms with E-state index in [0.29, 0.717) is 6.42 Å². The fourth-order valence-electron chi connectivity index (χ4n) is 1.35. The predicted octanol–water partition coefficient (Wildman–Crippen LogP) is 0.231. The molecular formula is C11H22N2O4. The van der Waals surface area contributed by atoms with Gasteiger partial charge in [0.05, 0.1) is 13.7 Å². The summed E-state index contributed by atoms with van der Waals surface area (Å²) in [6.45, 7) is 6.08. The summed E-state index contributed by atoms with van der Waals surface area (Å²) in [5.74, 6) is -0.846. The number of carbonyl (C=O) groups is 2. The van der Waals surface area contributed by atoms with Gasteiger partial charge in [0, 0.05) is 0 Å². The number of rotatable bonds is 6. The molecule has 0 aromatic heterocycles. The van der Waals surface area contributed by atoms with E-state index in [1.165, 1.54) is 7.11 Å². The topological polar surface area (TPSA) is 76.7 Å². The first-order valence-electron chi connectivity index (χ1n) is 5.48. The average molecular weight is 246 g/mol. The molecule has 0 spiro atoms. The molecule has 2 N–H and O–H groups in total. The molecule has 0 aromatic rings. The minimum absolute atomic E-state index is 0.107. The third-order valence-electron chi connectivity index (χ3n) is 1.94. The van der Waals surface area contributed by atoms with E-state index >= 15 is 0 Å². The summed E-state index contributed by atoms with van der Waals surface area (Å²) < 4.78 is 0. The average Bonchev–Trinajstić information content (AvgIpc) is 2.15. The highest BCUT2D eigenvalue weighted by Crippen LogP contribution is 2.21. The summed E-state index contributed by atoms with van der Waals surface area (Å²) in [4.78, 5) is 31.8. The normalized spacial score (nSPS) is 13.0. The molecule has 0 unspecified atom stereocenters. The van der Waals surface area contributed by atoms with Crippen LogP contribution in [0.5, 0.6) is 0 Å². The van der Waals surface area contributed by atoms with Gasteiger partial charge < -0.3 is 10.6 Å². The molecule has 100 valence electrons. The fraction of sp³-hybridized carbons (Fsp3) is 0.818. The fourth-order valence-corrected chi connectivity index (χ4v) is 1.35. The maximum absolute atomic E-state index is 11.6. The van der Waals surface area contributed by atoms with E-state index in [2.05, 4.69) is 20.4 Å². The van der Waals surface area contributed by atoms with E-state index in [1.807, 2.05) is 20.8 Å². The number of carbonyl (C=O) groups excluding carboxylic acids is 2. The highest BCUT2D eigenvalue weighted by Gasteiger charge is 2.28. The number of hydrogen-bond acceptors (Lipinski definition) is 5. The highest BCUT2D eigenvalue weighted by atomic mass is 17.2. The molecule has 0 aromatic carbocycles. The Morgan fingerprint density at radius 2 is 1.88 bits per heavy atom. The zero-order valence-corrected chi connectivity index (χ0v) is 11.1. The Bertz CT molecular complexity index is 261. The molecular weight excluding hydrogens is 224 g/mol. The molecule has 0 saturated carbocycles. The monoisotopic (exact) mass is 246 g/mol. The Kier molecular flexibility index (Phi) is 6.75. The molecule has 6 nitrogen and oxygen atoms in total. The summed E-state index contributed by atoms with van der Waals surface area (Å²) >= 11 is 0. The number of nitrogens with one attached hydrogen (secondary N) is 2. The van der Waals surface area contributed by atoms with Crippen LogP contribution in [0.15, 0.2) is 0 Å². The Morgan fingerprint density at radius 1 is 1.29 bits per heavy atom. The number of amides is 1. The van der Waals surface area contributed by atoms with Crippen molar-refractivity contribution >= 4 is 11.9 Å². The van der Waals surface area contributed by atoms with Gasteiger partial charge in [-0.15, -0.1) is 0 Å². The number of likely N-dealkylation sites (N-methyl/N-ethyl adjacent to an activating group) is 1. The van der Waals surface area contributed by atoms with Crippen LogP contribution in [0.3, 0.4) is 0 Å². The van der Waals surface area contributed by atoms with E-state index in [0.717, 1.165) is 0 Å². The van der Waals surface area contributed by atoms with E-state index in [1.54, 1.807) is 7.05 Å². The van der Waals surface area contributed by atoms with Crippen LogP contribution in [-0.2, 0) is 19.4 Å². The maximum Gasteiger partial charge on any atom is 0.364 e. The molecule has 0 aliphatic rings. The van der Waals surface area contributed by atoms with Crippen LogP contribution in [0.1, 0.15) is 27.2 Å². The lowest BCUT2D eigenvalue weighted by Gasteiger charge is -2.24. The summed E-state index contributed by atoms with van der Waals surface area (Å²) in [5, 5.41) is 5.31. The SMILES string of the molecule is CNCC(=O)N[C@@H](CC(C)(C)C)C(=O)OOC. The third-order valence-corrected chi connectivity index (χ3v) is 1.94. The van der Waals surface area contributed by atoms with Gasteiger partial charge in [-0.3, -0.25) is 9.68 Å². The lowest BCUT2D eigenvalue weighted by atomic mass is 9.88. The second kappa shape index (κ2) is 7.24. The molecule has 6 heteroatoms. The van der Waals surface area contributed by atoms with Crippen molar-refractivity contribution in [2.75, 3.05) is 20.7 Å². The molecule has 0 aliphatic carbocycles. The molecule has 0 rings (SSSR count). The van der Waals surface area contributed by atoms with Gasteiger partial charge in [0.15, 0.2) is 0 Å². The highest BCUT2D eigenvalue weighted by molar-refractivity contribution is 5.85. The minimum atomic E-state index is -0.698. The van der Waals surface area contributed by atoms with Crippen LogP contribution in [0.4, 0.5) is 0 Å². The first-order chi connectivity index (χ1) is 7.80. The smallest absolute Gasteiger partial charge is 0.341 e. The van der Waals surface area contributed by atoms with Crippen molar-refractivity contribution < 1.29 is 19.4 Å². The molecule has 1 amide bonds. The van der Waals surface area contributed by atoms with Gasteiger partial charge in [0.25, 0.3) is 0 Å². The molecule has 0 aliphatic heterocycles. The van der Waals surface area contributed by atoms with Crippen molar-refractivity contribution in [3.63, 3.8) is 0 Å². The van der Waals surface area contributed by atoms with Crippen LogP contribution in [0, 0.1) is 5.41 Å². The second-order valence-electron chi connectivity index (χ2n) is 4.98. The summed E-state index contributed by atoms with van der Waals surface area (Å²) in [7, 11) is 2.91. The van der Waals surface area contributed by atoms with E-state index < -0.39 is 12.0 Å². The second-order valence-corrected chi connectivity index (χ2v) is 4.98. The summed E-state index contributed by atoms with van der Waals surface area (Å²) in [6.07, 6.45) is 0.477. The van der Waals surface area contributed by atoms with Crippen LogP contribution >= 0.6 is 0 Å². The van der Waals surface area contributed by atoms with Crippen molar-refractivity contribution in [3.05, 3.63) is 0 Å². The van der Waals surface area contributed by atoms with Gasteiger partial charge in [-0.25, -0.2) is 4.79 Å². The standard InChI is InChI=1S/C11H22N2O4/c1-11(2,3)6-8(10(15)17-16-5)13-9(14)7-12-4/h8,12H,6-7H2,1-5H3,(H,13,14)/t8-/m0/s1. The largest absolute Gasteiger partial charge is 0.364 e. The predicted molar refractivity (Wildman–Crippen MR) is 63.0 cm³/mol.